The van der Waals surface area contributed by atoms with E-state index in [-0.39, 0.29) is 4.57 Å². The second-order valence-electron chi connectivity index (χ2n) is 1.28. The zero-order chi connectivity index (χ0) is 5.98. The zero-order valence-electron chi connectivity index (χ0n) is 4.00. The van der Waals surface area contributed by atoms with Gasteiger partial charge in [0.2, 0.25) is 0 Å². The van der Waals surface area contributed by atoms with Crippen molar-refractivity contribution in [3.63, 3.8) is 0 Å². The molecule has 0 spiro atoms. The maximum absolute atomic E-state index is 8.68. The predicted octanol–water partition coefficient (Wildman–Crippen LogP) is 0.677. The van der Waals surface area contributed by atoms with Gasteiger partial charge in [-0.15, -0.1) is 0 Å². The summed E-state index contributed by atoms with van der Waals surface area (Å²) in [4.78, 5) is 0. The van der Waals surface area contributed by atoms with Crippen LogP contribution in [0, 0.1) is 0 Å². The minimum atomic E-state index is 0.0926. The van der Waals surface area contributed by atoms with Crippen LogP contribution in [0.15, 0.2) is 22.8 Å². The molecule has 0 saturated heterocycles. The van der Waals surface area contributed by atoms with Gasteiger partial charge in [-0.05, 0) is 0 Å². The molecule has 1 aromatic rings. The third-order valence-electron chi connectivity index (χ3n) is 0.732. The fourth-order valence-corrected chi connectivity index (χ4v) is 0.582. The Morgan fingerprint density at radius 2 is 2.50 bits per heavy atom. The van der Waals surface area contributed by atoms with E-state index in [1.165, 1.54) is 6.26 Å². The van der Waals surface area contributed by atoms with Crippen molar-refractivity contribution in [1.29, 1.82) is 0 Å². The summed E-state index contributed by atoms with van der Waals surface area (Å²) in [5.74, 6) is 0.477. The Bertz CT molecular complexity index is 178. The summed E-state index contributed by atoms with van der Waals surface area (Å²) in [6, 6.07) is 3.38. The van der Waals surface area contributed by atoms with Crippen molar-refractivity contribution in [2.24, 2.45) is 0 Å². The topological polar surface area (TPSA) is 33.4 Å². The van der Waals surface area contributed by atoms with E-state index in [4.69, 9.17) is 9.52 Å². The van der Waals surface area contributed by atoms with E-state index in [0.717, 1.165) is 0 Å². The van der Waals surface area contributed by atoms with Gasteiger partial charge in [0.05, 0.1) is 0 Å². The normalized spacial score (nSPS) is 9.12. The molecule has 0 aromatic carbocycles. The zero-order valence-corrected chi connectivity index (χ0v) is 5.27. The summed E-state index contributed by atoms with van der Waals surface area (Å²) in [6.45, 7) is 0. The molecule has 0 radical (unpaired) electrons. The van der Waals surface area contributed by atoms with E-state index in [2.05, 4.69) is 15.9 Å². The van der Waals surface area contributed by atoms with Crippen molar-refractivity contribution in [3.05, 3.63) is 24.2 Å². The fraction of sp³-hybridized carbons (Fsp3) is 0. The molecule has 0 fully saturated rings. The molecule has 2 nitrogen and oxygen atoms in total. The van der Waals surface area contributed by atoms with Crippen LogP contribution in [-0.2, 0) is 15.9 Å². The molecule has 0 bridgehead atoms. The van der Waals surface area contributed by atoms with E-state index in [1.54, 1.807) is 12.1 Å². The summed E-state index contributed by atoms with van der Waals surface area (Å²) in [5.41, 5.74) is 0. The van der Waals surface area contributed by atoms with Crippen molar-refractivity contribution in [1.82, 2.24) is 0 Å². The third kappa shape index (κ3) is 1.07. The van der Waals surface area contributed by atoms with Gasteiger partial charge in [0.15, 0.2) is 0 Å². The fourth-order valence-electron chi connectivity index (χ4n) is 0.400. The van der Waals surface area contributed by atoms with Crippen molar-refractivity contribution < 1.29 is 25.4 Å². The molecule has 0 amide bonds. The van der Waals surface area contributed by atoms with Crippen LogP contribution in [0.1, 0.15) is 5.76 Å². The average Bonchev–Trinajstić information content (AvgIpc) is 2.12. The first-order valence-electron chi connectivity index (χ1n) is 2.07. The molecule has 1 heterocycles. The molecule has 42 valence electrons. The molecule has 0 atom stereocenters. The van der Waals surface area contributed by atoms with Gasteiger partial charge in [-0.3, -0.25) is 0 Å². The molecular weight excluding hydrogens is 144 g/mol. The van der Waals surface area contributed by atoms with E-state index in [0.29, 0.717) is 5.76 Å². The van der Waals surface area contributed by atoms with E-state index in [9.17, 15) is 0 Å². The Labute approximate surface area is 54.7 Å². The number of hydrogen-bond donors (Lipinski definition) is 1. The monoisotopic (exact) mass is 148 g/mol. The van der Waals surface area contributed by atoms with Gasteiger partial charge in [-0.2, -0.15) is 0 Å². The van der Waals surface area contributed by atoms with Crippen LogP contribution in [0.5, 0.6) is 0 Å². The van der Waals surface area contributed by atoms with Crippen LogP contribution < -0.4 is 0 Å². The van der Waals surface area contributed by atoms with Gasteiger partial charge in [-0.1, -0.05) is 0 Å². The molecule has 0 unspecified atom stereocenters. The molecule has 0 aliphatic rings. The molecule has 0 aliphatic heterocycles. The van der Waals surface area contributed by atoms with Crippen molar-refractivity contribution in [3.8, 4) is 0 Å². The second-order valence-corrected chi connectivity index (χ2v) is 1.89. The van der Waals surface area contributed by atoms with Crippen molar-refractivity contribution in [2.75, 3.05) is 0 Å². The van der Waals surface area contributed by atoms with E-state index < -0.39 is 0 Å². The van der Waals surface area contributed by atoms with Crippen LogP contribution in [-0.4, -0.2) is 9.67 Å². The SMILES string of the molecule is O[C](=[Cr])c1ccco1. The first kappa shape index (κ1) is 5.77. The molecule has 1 N–H and O–H groups in total. The quantitative estimate of drug-likeness (QED) is 0.635. The Hall–Kier alpha value is -0.358. The summed E-state index contributed by atoms with van der Waals surface area (Å²) in [6.07, 6.45) is 1.50. The predicted molar refractivity (Wildman–Crippen MR) is 24.8 cm³/mol. The summed E-state index contributed by atoms with van der Waals surface area (Å²) in [5, 5.41) is 8.68. The molecule has 3 heteroatoms. The Morgan fingerprint density at radius 1 is 1.75 bits per heavy atom. The Morgan fingerprint density at radius 3 is 2.75 bits per heavy atom. The number of hydrogen-bond acceptors (Lipinski definition) is 2. The average molecular weight is 148 g/mol. The van der Waals surface area contributed by atoms with Gasteiger partial charge in [0, 0.05) is 0 Å². The van der Waals surface area contributed by atoms with Gasteiger partial charge < -0.3 is 0 Å². The number of aliphatic hydroxyl groups is 1. The first-order valence-corrected chi connectivity index (χ1v) is 2.71. The van der Waals surface area contributed by atoms with Crippen LogP contribution in [0.4, 0.5) is 0 Å². The van der Waals surface area contributed by atoms with Gasteiger partial charge in [0.25, 0.3) is 0 Å². The van der Waals surface area contributed by atoms with E-state index >= 15 is 0 Å². The van der Waals surface area contributed by atoms with Gasteiger partial charge in [0.1, 0.15) is 0 Å². The van der Waals surface area contributed by atoms with Gasteiger partial charge in [-0.25, -0.2) is 0 Å². The number of aliphatic hydroxyl groups excluding tert-OH is 1. The molecule has 0 saturated carbocycles. The minimum absolute atomic E-state index is 0.0926. The molecule has 1 aromatic heterocycles. The Kier molecular flexibility index (Phi) is 1.64. The molecule has 8 heavy (non-hydrogen) atoms. The van der Waals surface area contributed by atoms with Crippen LogP contribution >= 0.6 is 0 Å². The summed E-state index contributed by atoms with van der Waals surface area (Å²) < 4.78 is 4.87. The van der Waals surface area contributed by atoms with Crippen molar-refractivity contribution in [2.45, 2.75) is 0 Å². The Balaban J connectivity index is 2.93. The van der Waals surface area contributed by atoms with Crippen molar-refractivity contribution >= 4 is 4.57 Å². The molecule has 0 aliphatic carbocycles. The molecule has 1 rings (SSSR count). The van der Waals surface area contributed by atoms with Gasteiger partial charge >= 0.3 is 54.1 Å². The van der Waals surface area contributed by atoms with E-state index in [1.807, 2.05) is 0 Å². The van der Waals surface area contributed by atoms with Crippen LogP contribution in [0.25, 0.3) is 0 Å². The second kappa shape index (κ2) is 2.27. The van der Waals surface area contributed by atoms with Crippen LogP contribution in [0.3, 0.4) is 0 Å². The number of furan rings is 1. The summed E-state index contributed by atoms with van der Waals surface area (Å²) in [7, 11) is 0. The standard InChI is InChI=1S/C5H4O2.Cr/c6-4-5-2-1-3-7-5;/h1-3,6H;. The summed E-state index contributed by atoms with van der Waals surface area (Å²) >= 11 is 2.42. The maximum atomic E-state index is 8.68. The molecular formula is C5H4CrO2. The first-order chi connectivity index (χ1) is 3.80. The van der Waals surface area contributed by atoms with Crippen LogP contribution in [0.2, 0.25) is 0 Å². The third-order valence-corrected chi connectivity index (χ3v) is 1.05. The number of rotatable bonds is 1.